The van der Waals surface area contributed by atoms with Crippen molar-refractivity contribution in [3.05, 3.63) is 23.3 Å². The summed E-state index contributed by atoms with van der Waals surface area (Å²) in [7, 11) is 2.46. The molecule has 0 aliphatic carbocycles. The second kappa shape index (κ2) is 9.38. The highest BCUT2D eigenvalue weighted by atomic mass is 16.5. The summed E-state index contributed by atoms with van der Waals surface area (Å²) in [6, 6.07) is 0. The van der Waals surface area contributed by atoms with E-state index in [1.54, 1.807) is 0 Å². The van der Waals surface area contributed by atoms with E-state index >= 15 is 0 Å². The number of hydrogen-bond donors (Lipinski definition) is 2. The predicted molar refractivity (Wildman–Crippen MR) is 63.6 cm³/mol. The molecule has 0 heterocycles. The Labute approximate surface area is 106 Å². The summed E-state index contributed by atoms with van der Waals surface area (Å²) in [5.74, 6) is -1.15. The summed E-state index contributed by atoms with van der Waals surface area (Å²) in [4.78, 5) is 22.6. The third kappa shape index (κ3) is 5.60. The second-order valence-electron chi connectivity index (χ2n) is 3.31. The standard InChI is InChI=1S/C12H18O6/c1-17-11(15)9(5-7-13)3-4-10(6-8-14)12(16)18-2/h3-4,13-14H,5-8H2,1-2H3/b9-3+,10-4+. The monoisotopic (exact) mass is 258 g/mol. The minimum absolute atomic E-state index is 0.122. The van der Waals surface area contributed by atoms with Gasteiger partial charge >= 0.3 is 11.9 Å². The van der Waals surface area contributed by atoms with Gasteiger partial charge in [-0.15, -0.1) is 0 Å². The van der Waals surface area contributed by atoms with Crippen LogP contribution in [0.1, 0.15) is 12.8 Å². The highest BCUT2D eigenvalue weighted by Crippen LogP contribution is 2.08. The minimum Gasteiger partial charge on any atom is -0.466 e. The van der Waals surface area contributed by atoms with E-state index in [-0.39, 0.29) is 37.2 Å². The zero-order valence-electron chi connectivity index (χ0n) is 10.5. The molecule has 0 bridgehead atoms. The Balaban J connectivity index is 5.05. The average Bonchev–Trinajstić information content (AvgIpc) is 2.40. The Hall–Kier alpha value is -1.66. The molecule has 0 saturated heterocycles. The number of allylic oxidation sites excluding steroid dienone is 2. The summed E-state index contributed by atoms with van der Waals surface area (Å²) < 4.78 is 9.06. The third-order valence-corrected chi connectivity index (χ3v) is 2.14. The Morgan fingerprint density at radius 2 is 1.22 bits per heavy atom. The number of carbonyl (C=O) groups excluding carboxylic acids is 2. The van der Waals surface area contributed by atoms with Crippen LogP contribution in [0.3, 0.4) is 0 Å². The van der Waals surface area contributed by atoms with Crippen molar-refractivity contribution in [1.29, 1.82) is 0 Å². The number of aliphatic hydroxyl groups is 2. The van der Waals surface area contributed by atoms with Gasteiger partial charge in [-0.05, 0) is 0 Å². The number of esters is 2. The molecule has 0 spiro atoms. The van der Waals surface area contributed by atoms with Gasteiger partial charge in [0.25, 0.3) is 0 Å². The van der Waals surface area contributed by atoms with Crippen molar-refractivity contribution >= 4 is 11.9 Å². The summed E-state index contributed by atoms with van der Waals surface area (Å²) in [5.41, 5.74) is 0.471. The SMILES string of the molecule is COC(=O)/C(=C/C=C(\CCO)C(=O)OC)CCO. The lowest BCUT2D eigenvalue weighted by atomic mass is 10.1. The molecular weight excluding hydrogens is 240 g/mol. The first-order chi connectivity index (χ1) is 8.60. The van der Waals surface area contributed by atoms with Gasteiger partial charge in [0, 0.05) is 37.2 Å². The first-order valence-corrected chi connectivity index (χ1v) is 5.38. The fourth-order valence-corrected chi connectivity index (χ4v) is 1.21. The summed E-state index contributed by atoms with van der Waals surface area (Å²) >= 11 is 0. The van der Waals surface area contributed by atoms with Gasteiger partial charge in [0.15, 0.2) is 0 Å². The minimum atomic E-state index is -0.575. The summed E-state index contributed by atoms with van der Waals surface area (Å²) in [6.45, 7) is -0.412. The molecule has 0 fully saturated rings. The first kappa shape index (κ1) is 16.3. The molecule has 0 aromatic carbocycles. The molecule has 0 aliphatic heterocycles. The molecule has 0 rings (SSSR count). The molecule has 0 amide bonds. The van der Waals surface area contributed by atoms with E-state index in [2.05, 4.69) is 9.47 Å². The number of carbonyl (C=O) groups is 2. The molecule has 0 unspecified atom stereocenters. The van der Waals surface area contributed by atoms with Crippen molar-refractivity contribution in [3.63, 3.8) is 0 Å². The smallest absolute Gasteiger partial charge is 0.333 e. The van der Waals surface area contributed by atoms with Crippen LogP contribution in [-0.4, -0.2) is 49.6 Å². The molecule has 0 saturated carbocycles. The molecule has 0 aliphatic rings. The van der Waals surface area contributed by atoms with Crippen molar-refractivity contribution in [2.24, 2.45) is 0 Å². The van der Waals surface area contributed by atoms with E-state index in [4.69, 9.17) is 10.2 Å². The largest absolute Gasteiger partial charge is 0.466 e. The molecule has 6 nitrogen and oxygen atoms in total. The normalized spacial score (nSPS) is 12.2. The van der Waals surface area contributed by atoms with Gasteiger partial charge in [-0.1, -0.05) is 12.2 Å². The number of aliphatic hydroxyl groups excluding tert-OH is 2. The number of hydrogen-bond acceptors (Lipinski definition) is 6. The van der Waals surface area contributed by atoms with Crippen molar-refractivity contribution in [2.75, 3.05) is 27.4 Å². The molecule has 18 heavy (non-hydrogen) atoms. The molecule has 0 aromatic heterocycles. The van der Waals surface area contributed by atoms with Gasteiger partial charge in [0.1, 0.15) is 0 Å². The highest BCUT2D eigenvalue weighted by molar-refractivity contribution is 5.91. The van der Waals surface area contributed by atoms with Crippen molar-refractivity contribution < 1.29 is 29.3 Å². The maximum absolute atomic E-state index is 11.3. The second-order valence-corrected chi connectivity index (χ2v) is 3.31. The van der Waals surface area contributed by atoms with Crippen LogP contribution in [0.5, 0.6) is 0 Å². The predicted octanol–water partition coefficient (Wildman–Crippen LogP) is -0.0500. The van der Waals surface area contributed by atoms with E-state index in [1.165, 1.54) is 26.4 Å². The van der Waals surface area contributed by atoms with Crippen LogP contribution >= 0.6 is 0 Å². The van der Waals surface area contributed by atoms with Crippen molar-refractivity contribution in [1.82, 2.24) is 0 Å². The van der Waals surface area contributed by atoms with Crippen LogP contribution in [0.15, 0.2) is 23.3 Å². The van der Waals surface area contributed by atoms with E-state index in [1.807, 2.05) is 0 Å². The maximum atomic E-state index is 11.3. The number of rotatable bonds is 7. The van der Waals surface area contributed by atoms with Crippen LogP contribution in [-0.2, 0) is 19.1 Å². The lowest BCUT2D eigenvalue weighted by Gasteiger charge is -2.04. The Bertz CT molecular complexity index is 308. The van der Waals surface area contributed by atoms with Gasteiger partial charge < -0.3 is 19.7 Å². The molecular formula is C12H18O6. The van der Waals surface area contributed by atoms with E-state index in [0.717, 1.165) is 0 Å². The number of methoxy groups -OCH3 is 2. The zero-order valence-corrected chi connectivity index (χ0v) is 10.5. The van der Waals surface area contributed by atoms with E-state index in [0.29, 0.717) is 0 Å². The van der Waals surface area contributed by atoms with E-state index in [9.17, 15) is 9.59 Å². The maximum Gasteiger partial charge on any atom is 0.333 e. The molecule has 0 radical (unpaired) electrons. The quantitative estimate of drug-likeness (QED) is 0.378. The Morgan fingerprint density at radius 3 is 1.44 bits per heavy atom. The molecule has 0 atom stereocenters. The van der Waals surface area contributed by atoms with Crippen molar-refractivity contribution in [3.8, 4) is 0 Å². The first-order valence-electron chi connectivity index (χ1n) is 5.38. The Kier molecular flexibility index (Phi) is 8.51. The zero-order chi connectivity index (χ0) is 14.0. The van der Waals surface area contributed by atoms with Gasteiger partial charge in [0.05, 0.1) is 14.2 Å². The number of ether oxygens (including phenoxy) is 2. The van der Waals surface area contributed by atoms with Crippen LogP contribution < -0.4 is 0 Å². The van der Waals surface area contributed by atoms with Crippen LogP contribution in [0, 0.1) is 0 Å². The van der Waals surface area contributed by atoms with Gasteiger partial charge in [-0.25, -0.2) is 9.59 Å². The fraction of sp³-hybridized carbons (Fsp3) is 0.500. The fourth-order valence-electron chi connectivity index (χ4n) is 1.21. The highest BCUT2D eigenvalue weighted by Gasteiger charge is 2.10. The lowest BCUT2D eigenvalue weighted by molar-refractivity contribution is -0.137. The van der Waals surface area contributed by atoms with Crippen LogP contribution in [0.2, 0.25) is 0 Å². The molecule has 102 valence electrons. The van der Waals surface area contributed by atoms with Gasteiger partial charge in [-0.2, -0.15) is 0 Å². The molecule has 0 aromatic rings. The van der Waals surface area contributed by atoms with E-state index < -0.39 is 11.9 Å². The van der Waals surface area contributed by atoms with Crippen molar-refractivity contribution in [2.45, 2.75) is 12.8 Å². The lowest BCUT2D eigenvalue weighted by Crippen LogP contribution is -2.08. The summed E-state index contributed by atoms with van der Waals surface area (Å²) in [6.07, 6.45) is 3.00. The molecule has 6 heteroatoms. The summed E-state index contributed by atoms with van der Waals surface area (Å²) in [5, 5.41) is 17.6. The van der Waals surface area contributed by atoms with Crippen LogP contribution in [0.25, 0.3) is 0 Å². The Morgan fingerprint density at radius 1 is 0.889 bits per heavy atom. The third-order valence-electron chi connectivity index (χ3n) is 2.14. The van der Waals surface area contributed by atoms with Crippen LogP contribution in [0.4, 0.5) is 0 Å². The topological polar surface area (TPSA) is 93.1 Å². The van der Waals surface area contributed by atoms with Gasteiger partial charge in [0.2, 0.25) is 0 Å². The molecule has 2 N–H and O–H groups in total. The van der Waals surface area contributed by atoms with Gasteiger partial charge in [-0.3, -0.25) is 0 Å². The average molecular weight is 258 g/mol.